The zero-order valence-corrected chi connectivity index (χ0v) is 18.4. The summed E-state index contributed by atoms with van der Waals surface area (Å²) in [6.07, 6.45) is 8.05. The Kier molecular flexibility index (Phi) is 7.70. The summed E-state index contributed by atoms with van der Waals surface area (Å²) in [6.45, 7) is 11.0. The van der Waals surface area contributed by atoms with E-state index in [1.165, 1.54) is 25.7 Å². The molecular weight excluding hydrogens is 358 g/mol. The van der Waals surface area contributed by atoms with E-state index in [9.17, 15) is 0 Å². The molecule has 1 aromatic carbocycles. The van der Waals surface area contributed by atoms with E-state index in [0.29, 0.717) is 0 Å². The molecule has 0 radical (unpaired) electrons. The molecule has 0 amide bonds. The molecule has 0 aliphatic carbocycles. The van der Waals surface area contributed by atoms with Crippen molar-refractivity contribution >= 4 is 5.65 Å². The van der Waals surface area contributed by atoms with Crippen molar-refractivity contribution in [1.82, 2.24) is 14.3 Å². The van der Waals surface area contributed by atoms with Crippen LogP contribution in [-0.2, 0) is 0 Å². The lowest BCUT2D eigenvalue weighted by molar-refractivity contribution is 0.0202. The van der Waals surface area contributed by atoms with E-state index in [0.717, 1.165) is 47.9 Å². The SMILES string of the molecule is CCCCN(CCCC)C(CC)Oc1ccc(-c2nc3ccccn3c2C)cc1. The van der Waals surface area contributed by atoms with E-state index in [-0.39, 0.29) is 6.23 Å². The van der Waals surface area contributed by atoms with Crippen LogP contribution in [0.4, 0.5) is 0 Å². The fourth-order valence-corrected chi connectivity index (χ4v) is 3.78. The fourth-order valence-electron chi connectivity index (χ4n) is 3.78. The van der Waals surface area contributed by atoms with Gasteiger partial charge in [-0.05, 0) is 62.6 Å². The van der Waals surface area contributed by atoms with Crippen LogP contribution in [0.3, 0.4) is 0 Å². The molecule has 3 aromatic rings. The Labute approximate surface area is 175 Å². The Morgan fingerprint density at radius 3 is 2.24 bits per heavy atom. The number of nitrogens with zero attached hydrogens (tertiary/aromatic N) is 3. The van der Waals surface area contributed by atoms with Gasteiger partial charge in [-0.15, -0.1) is 0 Å². The molecule has 0 spiro atoms. The highest BCUT2D eigenvalue weighted by Crippen LogP contribution is 2.26. The van der Waals surface area contributed by atoms with Crippen LogP contribution in [0.25, 0.3) is 16.9 Å². The van der Waals surface area contributed by atoms with Crippen LogP contribution < -0.4 is 4.74 Å². The van der Waals surface area contributed by atoms with Crippen molar-refractivity contribution in [1.29, 1.82) is 0 Å². The van der Waals surface area contributed by atoms with Crippen LogP contribution in [0.5, 0.6) is 5.75 Å². The van der Waals surface area contributed by atoms with E-state index in [4.69, 9.17) is 9.72 Å². The molecule has 2 aromatic heterocycles. The summed E-state index contributed by atoms with van der Waals surface area (Å²) in [6, 6.07) is 14.5. The minimum Gasteiger partial charge on any atom is -0.475 e. The number of hydrogen-bond donors (Lipinski definition) is 0. The van der Waals surface area contributed by atoms with E-state index >= 15 is 0 Å². The summed E-state index contributed by atoms with van der Waals surface area (Å²) in [7, 11) is 0. The zero-order valence-electron chi connectivity index (χ0n) is 18.4. The van der Waals surface area contributed by atoms with E-state index in [1.54, 1.807) is 0 Å². The largest absolute Gasteiger partial charge is 0.475 e. The van der Waals surface area contributed by atoms with Crippen molar-refractivity contribution in [2.24, 2.45) is 0 Å². The van der Waals surface area contributed by atoms with Crippen molar-refractivity contribution < 1.29 is 4.74 Å². The van der Waals surface area contributed by atoms with Gasteiger partial charge in [-0.2, -0.15) is 0 Å². The highest BCUT2D eigenvalue weighted by Gasteiger charge is 2.18. The van der Waals surface area contributed by atoms with Gasteiger partial charge in [0.1, 0.15) is 11.4 Å². The molecule has 1 unspecified atom stereocenters. The average molecular weight is 394 g/mol. The van der Waals surface area contributed by atoms with Crippen molar-refractivity contribution in [2.75, 3.05) is 13.1 Å². The molecule has 29 heavy (non-hydrogen) atoms. The van der Waals surface area contributed by atoms with Crippen molar-refractivity contribution in [3.05, 3.63) is 54.4 Å². The van der Waals surface area contributed by atoms with Gasteiger partial charge in [0.15, 0.2) is 6.23 Å². The van der Waals surface area contributed by atoms with E-state index in [1.807, 2.05) is 18.2 Å². The minimum atomic E-state index is 0.135. The first kappa shape index (κ1) is 21.4. The standard InChI is InChI=1S/C25H35N3O/c1-5-8-17-27(18-9-6-2)24(7-3)29-22-15-13-21(14-16-22)25-20(4)28-19-11-10-12-23(28)26-25/h10-16,19,24H,5-9,17-18H2,1-4H3. The predicted octanol–water partition coefficient (Wildman–Crippen LogP) is 6.33. The second-order valence-corrected chi connectivity index (χ2v) is 7.72. The fraction of sp³-hybridized carbons (Fsp3) is 0.480. The van der Waals surface area contributed by atoms with Gasteiger partial charge in [-0.3, -0.25) is 4.90 Å². The van der Waals surface area contributed by atoms with Crippen LogP contribution in [0, 0.1) is 6.92 Å². The summed E-state index contributed by atoms with van der Waals surface area (Å²) >= 11 is 0. The predicted molar refractivity (Wildman–Crippen MR) is 121 cm³/mol. The lowest BCUT2D eigenvalue weighted by atomic mass is 10.1. The second-order valence-electron chi connectivity index (χ2n) is 7.72. The van der Waals surface area contributed by atoms with Crippen molar-refractivity contribution in [3.8, 4) is 17.0 Å². The van der Waals surface area contributed by atoms with Gasteiger partial charge in [0.2, 0.25) is 0 Å². The number of imidazole rings is 1. The van der Waals surface area contributed by atoms with Gasteiger partial charge in [-0.1, -0.05) is 39.7 Å². The van der Waals surface area contributed by atoms with Crippen molar-refractivity contribution in [3.63, 3.8) is 0 Å². The Bertz CT molecular complexity index is 877. The van der Waals surface area contributed by atoms with Crippen LogP contribution >= 0.6 is 0 Å². The average Bonchev–Trinajstić information content (AvgIpc) is 3.10. The summed E-state index contributed by atoms with van der Waals surface area (Å²) in [4.78, 5) is 7.31. The second kappa shape index (κ2) is 10.4. The molecule has 4 heteroatoms. The zero-order chi connectivity index (χ0) is 20.6. The van der Waals surface area contributed by atoms with Crippen LogP contribution in [0.1, 0.15) is 58.6 Å². The minimum absolute atomic E-state index is 0.135. The van der Waals surface area contributed by atoms with Gasteiger partial charge in [0.05, 0.1) is 5.69 Å². The van der Waals surface area contributed by atoms with Crippen LogP contribution in [0.15, 0.2) is 48.7 Å². The molecule has 0 saturated carbocycles. The number of aryl methyl sites for hydroxylation is 1. The number of unbranched alkanes of at least 4 members (excludes halogenated alkanes) is 2. The molecular formula is C25H35N3O. The topological polar surface area (TPSA) is 29.8 Å². The van der Waals surface area contributed by atoms with Crippen LogP contribution in [-0.4, -0.2) is 33.6 Å². The maximum Gasteiger partial charge on any atom is 0.152 e. The quantitative estimate of drug-likeness (QED) is 0.357. The summed E-state index contributed by atoms with van der Waals surface area (Å²) in [5.74, 6) is 0.931. The normalized spacial score (nSPS) is 12.6. The third kappa shape index (κ3) is 5.18. The number of rotatable bonds is 11. The molecule has 2 heterocycles. The molecule has 0 N–H and O–H groups in total. The Morgan fingerprint density at radius 2 is 1.66 bits per heavy atom. The molecule has 0 aliphatic heterocycles. The van der Waals surface area contributed by atoms with Crippen molar-refractivity contribution in [2.45, 2.75) is 66.0 Å². The first-order valence-corrected chi connectivity index (χ1v) is 11.1. The highest BCUT2D eigenvalue weighted by molar-refractivity contribution is 5.66. The molecule has 0 aliphatic rings. The third-order valence-electron chi connectivity index (χ3n) is 5.52. The number of ether oxygens (including phenoxy) is 1. The lowest BCUT2D eigenvalue weighted by Gasteiger charge is -2.31. The third-order valence-corrected chi connectivity index (χ3v) is 5.52. The Morgan fingerprint density at radius 1 is 0.966 bits per heavy atom. The van der Waals surface area contributed by atoms with Gasteiger partial charge >= 0.3 is 0 Å². The molecule has 3 rings (SSSR count). The molecule has 0 fully saturated rings. The molecule has 0 saturated heterocycles. The van der Waals surface area contributed by atoms with E-state index in [2.05, 4.69) is 67.5 Å². The monoisotopic (exact) mass is 393 g/mol. The highest BCUT2D eigenvalue weighted by atomic mass is 16.5. The lowest BCUT2D eigenvalue weighted by Crippen LogP contribution is -2.40. The summed E-state index contributed by atoms with van der Waals surface area (Å²) < 4.78 is 8.53. The number of fused-ring (bicyclic) bond motifs is 1. The van der Waals surface area contributed by atoms with Gasteiger partial charge < -0.3 is 9.14 Å². The van der Waals surface area contributed by atoms with Gasteiger partial charge in [0.25, 0.3) is 0 Å². The summed E-state index contributed by atoms with van der Waals surface area (Å²) in [5, 5.41) is 0. The molecule has 156 valence electrons. The maximum atomic E-state index is 6.40. The summed E-state index contributed by atoms with van der Waals surface area (Å²) in [5.41, 5.74) is 4.29. The van der Waals surface area contributed by atoms with Crippen LogP contribution in [0.2, 0.25) is 0 Å². The smallest absolute Gasteiger partial charge is 0.152 e. The molecule has 0 bridgehead atoms. The first-order chi connectivity index (χ1) is 14.2. The number of benzene rings is 1. The number of hydrogen-bond acceptors (Lipinski definition) is 3. The van der Waals surface area contributed by atoms with Gasteiger partial charge in [-0.25, -0.2) is 4.98 Å². The number of aromatic nitrogens is 2. The Hall–Kier alpha value is -2.33. The first-order valence-electron chi connectivity index (χ1n) is 11.1. The molecule has 1 atom stereocenters. The Balaban J connectivity index is 1.74. The molecule has 4 nitrogen and oxygen atoms in total. The van der Waals surface area contributed by atoms with E-state index < -0.39 is 0 Å². The van der Waals surface area contributed by atoms with Gasteiger partial charge in [0, 0.05) is 30.5 Å². The number of pyridine rings is 1. The maximum absolute atomic E-state index is 6.40.